The van der Waals surface area contributed by atoms with Crippen molar-refractivity contribution in [3.05, 3.63) is 57.5 Å². The number of esters is 1. The molecule has 0 saturated carbocycles. The molecule has 2 aromatic rings. The van der Waals surface area contributed by atoms with Crippen molar-refractivity contribution in [3.63, 3.8) is 0 Å². The average Bonchev–Trinajstić information content (AvgIpc) is 2.55. The molecule has 0 bridgehead atoms. The largest absolute Gasteiger partial charge is 0.480 e. The molecule has 0 radical (unpaired) electrons. The van der Waals surface area contributed by atoms with Crippen LogP contribution in [0.2, 0.25) is 5.02 Å². The van der Waals surface area contributed by atoms with Gasteiger partial charge in [-0.15, -0.1) is 0 Å². The molecular weight excluding hydrogens is 398 g/mol. The smallest absolute Gasteiger partial charge is 0.344 e. The minimum absolute atomic E-state index is 0.326. The second-order valence-electron chi connectivity index (χ2n) is 4.89. The van der Waals surface area contributed by atoms with Crippen LogP contribution in [0.15, 0.2) is 46.9 Å². The summed E-state index contributed by atoms with van der Waals surface area (Å²) in [7, 11) is 0. The van der Waals surface area contributed by atoms with E-state index in [2.05, 4.69) is 21.2 Å². The highest BCUT2D eigenvalue weighted by Crippen LogP contribution is 2.23. The van der Waals surface area contributed by atoms with Crippen LogP contribution in [0.1, 0.15) is 5.56 Å². The van der Waals surface area contributed by atoms with Gasteiger partial charge in [-0.2, -0.15) is 0 Å². The van der Waals surface area contributed by atoms with Gasteiger partial charge in [0.1, 0.15) is 5.75 Å². The Labute approximate surface area is 153 Å². The van der Waals surface area contributed by atoms with E-state index in [1.54, 1.807) is 36.4 Å². The molecule has 0 atom stereocenters. The first-order valence-electron chi connectivity index (χ1n) is 7.04. The summed E-state index contributed by atoms with van der Waals surface area (Å²) in [4.78, 5) is 23.4. The molecule has 0 unspecified atom stereocenters. The molecule has 126 valence electrons. The Hall–Kier alpha value is -2.05. The Morgan fingerprint density at radius 1 is 1.17 bits per heavy atom. The Balaban J connectivity index is 1.76. The van der Waals surface area contributed by atoms with Crippen molar-refractivity contribution in [2.45, 2.75) is 6.92 Å². The number of carbonyl (C=O) groups is 2. The molecule has 0 saturated heterocycles. The van der Waals surface area contributed by atoms with Crippen molar-refractivity contribution in [3.8, 4) is 5.75 Å². The number of rotatable bonds is 6. The quantitative estimate of drug-likeness (QED) is 0.729. The van der Waals surface area contributed by atoms with Crippen LogP contribution in [0.3, 0.4) is 0 Å². The molecule has 0 aliphatic heterocycles. The van der Waals surface area contributed by atoms with Gasteiger partial charge in [0.25, 0.3) is 5.91 Å². The van der Waals surface area contributed by atoms with Gasteiger partial charge in [-0.1, -0.05) is 45.7 Å². The number of anilines is 1. The number of para-hydroxylation sites is 1. The van der Waals surface area contributed by atoms with Crippen molar-refractivity contribution in [1.82, 2.24) is 0 Å². The Morgan fingerprint density at radius 2 is 1.92 bits per heavy atom. The monoisotopic (exact) mass is 411 g/mol. The second-order valence-corrected chi connectivity index (χ2v) is 6.15. The lowest BCUT2D eigenvalue weighted by Crippen LogP contribution is -2.23. The van der Waals surface area contributed by atoms with Gasteiger partial charge in [0, 0.05) is 10.2 Å². The van der Waals surface area contributed by atoms with Crippen LogP contribution in [0.25, 0.3) is 0 Å². The molecule has 0 spiro atoms. The van der Waals surface area contributed by atoms with Crippen LogP contribution < -0.4 is 10.1 Å². The minimum atomic E-state index is -0.657. The summed E-state index contributed by atoms with van der Waals surface area (Å²) >= 11 is 9.29. The van der Waals surface area contributed by atoms with Gasteiger partial charge in [0.15, 0.2) is 13.2 Å². The third-order valence-electron chi connectivity index (χ3n) is 3.00. The first kappa shape index (κ1) is 18.3. The first-order chi connectivity index (χ1) is 11.5. The molecule has 0 fully saturated rings. The molecule has 7 heteroatoms. The second kappa shape index (κ2) is 8.70. The number of nitrogens with one attached hydrogen (secondary N) is 1. The van der Waals surface area contributed by atoms with Crippen molar-refractivity contribution in [1.29, 1.82) is 0 Å². The van der Waals surface area contributed by atoms with Gasteiger partial charge in [-0.3, -0.25) is 4.79 Å². The SMILES string of the molecule is Cc1ccc(NC(=O)COC(=O)COc2ccccc2Cl)cc1Br. The van der Waals surface area contributed by atoms with Crippen LogP contribution in [-0.2, 0) is 14.3 Å². The predicted octanol–water partition coefficient (Wildman–Crippen LogP) is 3.97. The number of hydrogen-bond acceptors (Lipinski definition) is 4. The summed E-state index contributed by atoms with van der Waals surface area (Å²) in [5.74, 6) is -0.711. The first-order valence-corrected chi connectivity index (χ1v) is 8.22. The number of ether oxygens (including phenoxy) is 2. The molecule has 24 heavy (non-hydrogen) atoms. The standard InChI is InChI=1S/C17H15BrClNO4/c1-11-6-7-12(8-13(11)18)20-16(21)9-24-17(22)10-23-15-5-3-2-4-14(15)19/h2-8H,9-10H2,1H3,(H,20,21). The molecule has 5 nitrogen and oxygen atoms in total. The van der Waals surface area contributed by atoms with E-state index in [0.717, 1.165) is 10.0 Å². The van der Waals surface area contributed by atoms with Gasteiger partial charge in [0.2, 0.25) is 0 Å². The zero-order valence-electron chi connectivity index (χ0n) is 12.8. The molecule has 2 rings (SSSR count). The summed E-state index contributed by atoms with van der Waals surface area (Å²) in [6.07, 6.45) is 0. The van der Waals surface area contributed by atoms with E-state index in [4.69, 9.17) is 21.1 Å². The molecule has 2 aromatic carbocycles. The number of benzene rings is 2. The molecule has 0 aliphatic rings. The zero-order chi connectivity index (χ0) is 17.5. The van der Waals surface area contributed by atoms with Crippen LogP contribution >= 0.6 is 27.5 Å². The third kappa shape index (κ3) is 5.54. The normalized spacial score (nSPS) is 10.1. The highest BCUT2D eigenvalue weighted by atomic mass is 79.9. The molecule has 0 aliphatic carbocycles. The van der Waals surface area contributed by atoms with Gasteiger partial charge in [0.05, 0.1) is 5.02 Å². The maximum absolute atomic E-state index is 11.8. The number of aryl methyl sites for hydroxylation is 1. The van der Waals surface area contributed by atoms with E-state index < -0.39 is 18.5 Å². The number of hydrogen-bond donors (Lipinski definition) is 1. The molecule has 0 aromatic heterocycles. The molecular formula is C17H15BrClNO4. The van der Waals surface area contributed by atoms with Crippen LogP contribution in [0, 0.1) is 6.92 Å². The fraction of sp³-hybridized carbons (Fsp3) is 0.176. The van der Waals surface area contributed by atoms with Crippen molar-refractivity contribution >= 4 is 45.1 Å². The minimum Gasteiger partial charge on any atom is -0.480 e. The van der Waals surface area contributed by atoms with E-state index in [-0.39, 0.29) is 6.61 Å². The highest BCUT2D eigenvalue weighted by Gasteiger charge is 2.10. The van der Waals surface area contributed by atoms with Crippen LogP contribution in [0.4, 0.5) is 5.69 Å². The Bertz CT molecular complexity index is 751. The van der Waals surface area contributed by atoms with Crippen LogP contribution in [-0.4, -0.2) is 25.1 Å². The van der Waals surface area contributed by atoms with Gasteiger partial charge in [-0.05, 0) is 36.8 Å². The summed E-state index contributed by atoms with van der Waals surface area (Å²) < 4.78 is 11.0. The van der Waals surface area contributed by atoms with Crippen LogP contribution in [0.5, 0.6) is 5.75 Å². The lowest BCUT2D eigenvalue weighted by molar-refractivity contribution is -0.149. The summed E-state index contributed by atoms with van der Waals surface area (Å²) in [5.41, 5.74) is 1.66. The number of halogens is 2. The van der Waals surface area contributed by atoms with Crippen molar-refractivity contribution in [2.75, 3.05) is 18.5 Å². The maximum Gasteiger partial charge on any atom is 0.344 e. The lowest BCUT2D eigenvalue weighted by Gasteiger charge is -2.09. The van der Waals surface area contributed by atoms with E-state index in [1.807, 2.05) is 13.0 Å². The zero-order valence-corrected chi connectivity index (χ0v) is 15.2. The summed E-state index contributed by atoms with van der Waals surface area (Å²) in [6.45, 7) is 1.22. The third-order valence-corrected chi connectivity index (χ3v) is 4.17. The summed E-state index contributed by atoms with van der Waals surface area (Å²) in [6, 6.07) is 12.2. The predicted molar refractivity (Wildman–Crippen MR) is 95.4 cm³/mol. The van der Waals surface area contributed by atoms with Gasteiger partial charge >= 0.3 is 5.97 Å². The maximum atomic E-state index is 11.8. The fourth-order valence-corrected chi connectivity index (χ4v) is 2.32. The van der Waals surface area contributed by atoms with E-state index in [1.165, 1.54) is 0 Å². The van der Waals surface area contributed by atoms with Gasteiger partial charge in [-0.25, -0.2) is 4.79 Å². The summed E-state index contributed by atoms with van der Waals surface area (Å²) in [5, 5.41) is 3.04. The van der Waals surface area contributed by atoms with E-state index in [9.17, 15) is 9.59 Å². The average molecular weight is 413 g/mol. The Kier molecular flexibility index (Phi) is 6.63. The number of amides is 1. The van der Waals surface area contributed by atoms with Crippen molar-refractivity contribution < 1.29 is 19.1 Å². The molecule has 1 amide bonds. The molecule has 1 N–H and O–H groups in total. The topological polar surface area (TPSA) is 64.6 Å². The Morgan fingerprint density at radius 3 is 2.62 bits per heavy atom. The van der Waals surface area contributed by atoms with Crippen molar-refractivity contribution in [2.24, 2.45) is 0 Å². The van der Waals surface area contributed by atoms with Gasteiger partial charge < -0.3 is 14.8 Å². The molecule has 0 heterocycles. The van der Waals surface area contributed by atoms with E-state index in [0.29, 0.717) is 16.5 Å². The lowest BCUT2D eigenvalue weighted by atomic mass is 10.2. The highest BCUT2D eigenvalue weighted by molar-refractivity contribution is 9.10. The fourth-order valence-electron chi connectivity index (χ4n) is 1.75. The number of carbonyl (C=O) groups excluding carboxylic acids is 2. The van der Waals surface area contributed by atoms with E-state index >= 15 is 0 Å².